The Morgan fingerprint density at radius 1 is 1.22 bits per heavy atom. The highest BCUT2D eigenvalue weighted by Gasteiger charge is 2.22. The number of ether oxygens (including phenoxy) is 1. The molecular formula is C22H26N4O3S3. The Bertz CT molecular complexity index is 1140. The van der Waals surface area contributed by atoms with E-state index in [4.69, 9.17) is 14.7 Å². The maximum absolute atomic E-state index is 12.6. The third kappa shape index (κ3) is 5.29. The summed E-state index contributed by atoms with van der Waals surface area (Å²) in [6.45, 7) is 6.29. The fourth-order valence-electron chi connectivity index (χ4n) is 3.60. The smallest absolute Gasteiger partial charge is 0.311 e. The van der Waals surface area contributed by atoms with Crippen molar-refractivity contribution in [2.75, 3.05) is 17.7 Å². The molecule has 0 atom stereocenters. The van der Waals surface area contributed by atoms with E-state index >= 15 is 0 Å². The summed E-state index contributed by atoms with van der Waals surface area (Å²) in [5.74, 6) is 0.816. The molecule has 0 aromatic carbocycles. The quantitative estimate of drug-likeness (QED) is 0.270. The maximum Gasteiger partial charge on any atom is 0.311 e. The van der Waals surface area contributed by atoms with E-state index in [9.17, 15) is 9.59 Å². The molecule has 0 saturated carbocycles. The molecule has 0 spiro atoms. The molecule has 4 rings (SSSR count). The number of esters is 1. The van der Waals surface area contributed by atoms with E-state index in [-0.39, 0.29) is 30.0 Å². The van der Waals surface area contributed by atoms with Crippen LogP contribution in [0.2, 0.25) is 0 Å². The van der Waals surface area contributed by atoms with Gasteiger partial charge in [-0.3, -0.25) is 9.59 Å². The lowest BCUT2D eigenvalue weighted by atomic mass is 9.97. The zero-order valence-electron chi connectivity index (χ0n) is 18.4. The molecule has 10 heteroatoms. The molecule has 0 saturated heterocycles. The van der Waals surface area contributed by atoms with Crippen molar-refractivity contribution < 1.29 is 14.3 Å². The van der Waals surface area contributed by atoms with Crippen LogP contribution in [0.15, 0.2) is 10.4 Å². The molecule has 0 radical (unpaired) electrons. The Balaban J connectivity index is 1.47. The molecule has 170 valence electrons. The van der Waals surface area contributed by atoms with Crippen LogP contribution < -0.4 is 5.32 Å². The number of nitrogens with zero attached hydrogens (tertiary/aromatic N) is 3. The van der Waals surface area contributed by atoms with Crippen molar-refractivity contribution in [3.05, 3.63) is 27.3 Å². The van der Waals surface area contributed by atoms with Crippen molar-refractivity contribution in [3.8, 4) is 0 Å². The van der Waals surface area contributed by atoms with Crippen molar-refractivity contribution >= 4 is 61.7 Å². The second kappa shape index (κ2) is 10.3. The number of anilines is 1. The van der Waals surface area contributed by atoms with Crippen molar-refractivity contribution in [2.45, 2.75) is 63.8 Å². The van der Waals surface area contributed by atoms with Crippen LogP contribution in [0.1, 0.15) is 61.5 Å². The van der Waals surface area contributed by atoms with Gasteiger partial charge in [0.15, 0.2) is 5.13 Å². The van der Waals surface area contributed by atoms with Crippen LogP contribution in [0.3, 0.4) is 0 Å². The highest BCUT2D eigenvalue weighted by atomic mass is 32.2. The molecule has 3 heterocycles. The van der Waals surface area contributed by atoms with E-state index in [1.807, 2.05) is 0 Å². The number of aryl methyl sites for hydroxylation is 2. The summed E-state index contributed by atoms with van der Waals surface area (Å²) in [4.78, 5) is 40.6. The topological polar surface area (TPSA) is 94.1 Å². The van der Waals surface area contributed by atoms with Gasteiger partial charge in [-0.1, -0.05) is 25.6 Å². The van der Waals surface area contributed by atoms with Crippen LogP contribution in [0.4, 0.5) is 5.13 Å². The molecule has 1 aliphatic carbocycles. The number of amides is 1. The first kappa shape index (κ1) is 23.1. The molecular weight excluding hydrogens is 464 g/mol. The summed E-state index contributed by atoms with van der Waals surface area (Å²) in [5, 5.41) is 7.12. The number of nitrogens with one attached hydrogen (secondary N) is 1. The highest BCUT2D eigenvalue weighted by Crippen LogP contribution is 2.40. The fraction of sp³-hybridized carbons (Fsp3) is 0.500. The minimum atomic E-state index is -0.320. The minimum Gasteiger partial charge on any atom is -0.466 e. The molecule has 0 fully saturated rings. The van der Waals surface area contributed by atoms with Crippen LogP contribution in [0.25, 0.3) is 10.2 Å². The monoisotopic (exact) mass is 490 g/mol. The predicted molar refractivity (Wildman–Crippen MR) is 130 cm³/mol. The minimum absolute atomic E-state index is 0.106. The van der Waals surface area contributed by atoms with Crippen LogP contribution in [-0.2, 0) is 33.6 Å². The highest BCUT2D eigenvalue weighted by molar-refractivity contribution is 8.00. The van der Waals surface area contributed by atoms with Crippen LogP contribution >= 0.6 is 34.4 Å². The second-order valence-electron chi connectivity index (χ2n) is 7.90. The molecule has 32 heavy (non-hydrogen) atoms. The van der Waals surface area contributed by atoms with Gasteiger partial charge in [-0.25, -0.2) is 15.0 Å². The van der Waals surface area contributed by atoms with Gasteiger partial charge in [0.05, 0.1) is 24.5 Å². The predicted octanol–water partition coefficient (Wildman–Crippen LogP) is 4.99. The first-order valence-corrected chi connectivity index (χ1v) is 13.5. The van der Waals surface area contributed by atoms with Crippen LogP contribution in [-0.4, -0.2) is 39.2 Å². The van der Waals surface area contributed by atoms with Gasteiger partial charge < -0.3 is 10.1 Å². The first-order valence-electron chi connectivity index (χ1n) is 10.8. The zero-order valence-corrected chi connectivity index (χ0v) is 20.8. The third-order valence-electron chi connectivity index (χ3n) is 5.08. The Hall–Kier alpha value is -2.04. The maximum atomic E-state index is 12.6. The summed E-state index contributed by atoms with van der Waals surface area (Å²) in [6, 6.07) is 0. The molecule has 0 aliphatic heterocycles. The number of rotatable bonds is 8. The number of thiophene rings is 1. The number of hydrogen-bond acceptors (Lipinski definition) is 9. The molecule has 0 unspecified atom stereocenters. The number of thioether (sulfide) groups is 1. The van der Waals surface area contributed by atoms with Gasteiger partial charge in [-0.15, -0.1) is 22.7 Å². The Labute approximate surface area is 199 Å². The number of carbonyl (C=O) groups excluding carboxylic acids is 2. The number of aromatic nitrogens is 3. The normalized spacial score (nSPS) is 13.4. The molecule has 1 amide bonds. The largest absolute Gasteiger partial charge is 0.466 e. The van der Waals surface area contributed by atoms with Crippen molar-refractivity contribution in [1.29, 1.82) is 0 Å². The van der Waals surface area contributed by atoms with Crippen molar-refractivity contribution in [1.82, 2.24) is 15.0 Å². The van der Waals surface area contributed by atoms with Gasteiger partial charge in [0.2, 0.25) is 5.91 Å². The zero-order chi connectivity index (χ0) is 22.7. The lowest BCUT2D eigenvalue weighted by Gasteiger charge is -2.12. The summed E-state index contributed by atoms with van der Waals surface area (Å²) in [6.07, 6.45) is 4.68. The van der Waals surface area contributed by atoms with Gasteiger partial charge in [0.25, 0.3) is 0 Å². The Kier molecular flexibility index (Phi) is 7.42. The Morgan fingerprint density at radius 3 is 2.81 bits per heavy atom. The van der Waals surface area contributed by atoms with E-state index in [1.54, 1.807) is 23.6 Å². The Morgan fingerprint density at radius 2 is 2.03 bits per heavy atom. The second-order valence-corrected chi connectivity index (χ2v) is 10.8. The standard InChI is InChI=1S/C22H26N4O3S3/c1-4-29-17(28)9-13-10-31-22(23-13)24-16(27)11-30-20-18-14-7-5-6-8-15(14)32-21(18)26-19(25-20)12(2)3/h10,12H,4-9,11H2,1-3H3,(H,23,24,27). The number of fused-ring (bicyclic) bond motifs is 3. The summed E-state index contributed by atoms with van der Waals surface area (Å²) in [7, 11) is 0. The lowest BCUT2D eigenvalue weighted by Crippen LogP contribution is -2.14. The van der Waals surface area contributed by atoms with Gasteiger partial charge >= 0.3 is 5.97 Å². The molecule has 1 N–H and O–H groups in total. The molecule has 3 aromatic heterocycles. The van der Waals surface area contributed by atoms with Crippen LogP contribution in [0, 0.1) is 0 Å². The van der Waals surface area contributed by atoms with Crippen molar-refractivity contribution in [3.63, 3.8) is 0 Å². The summed E-state index contributed by atoms with van der Waals surface area (Å²) in [5.41, 5.74) is 1.97. The van der Waals surface area contributed by atoms with E-state index in [0.717, 1.165) is 33.9 Å². The summed E-state index contributed by atoms with van der Waals surface area (Å²) < 4.78 is 4.94. The van der Waals surface area contributed by atoms with E-state index in [1.165, 1.54) is 46.4 Å². The van der Waals surface area contributed by atoms with Gasteiger partial charge in [0, 0.05) is 21.6 Å². The number of thiazole rings is 1. The molecule has 3 aromatic rings. The van der Waals surface area contributed by atoms with Crippen molar-refractivity contribution in [2.24, 2.45) is 0 Å². The average Bonchev–Trinajstić information content (AvgIpc) is 3.35. The average molecular weight is 491 g/mol. The number of carbonyl (C=O) groups is 2. The third-order valence-corrected chi connectivity index (χ3v) is 8.05. The summed E-state index contributed by atoms with van der Waals surface area (Å²) >= 11 is 4.54. The lowest BCUT2D eigenvalue weighted by molar-refractivity contribution is -0.142. The molecule has 1 aliphatic rings. The van der Waals surface area contributed by atoms with E-state index in [0.29, 0.717) is 17.4 Å². The molecule has 0 bridgehead atoms. The number of hydrogen-bond donors (Lipinski definition) is 1. The van der Waals surface area contributed by atoms with Gasteiger partial charge in [0.1, 0.15) is 15.7 Å². The SMILES string of the molecule is CCOC(=O)Cc1csc(NC(=O)CSc2nc(C(C)C)nc3sc4c(c23)CCCC4)n1. The fourth-order valence-corrected chi connectivity index (χ4v) is 6.52. The van der Waals surface area contributed by atoms with E-state index in [2.05, 4.69) is 24.1 Å². The first-order chi connectivity index (χ1) is 15.4. The van der Waals surface area contributed by atoms with Crippen LogP contribution in [0.5, 0.6) is 0 Å². The van der Waals surface area contributed by atoms with Gasteiger partial charge in [-0.2, -0.15) is 0 Å². The van der Waals surface area contributed by atoms with E-state index < -0.39 is 0 Å². The molecule has 7 nitrogen and oxygen atoms in total. The van der Waals surface area contributed by atoms with Gasteiger partial charge in [-0.05, 0) is 38.2 Å².